The van der Waals surface area contributed by atoms with Crippen molar-refractivity contribution in [2.75, 3.05) is 5.32 Å². The summed E-state index contributed by atoms with van der Waals surface area (Å²) in [6, 6.07) is 3.09. The minimum atomic E-state index is -1.18. The van der Waals surface area contributed by atoms with E-state index in [4.69, 9.17) is 16.7 Å². The van der Waals surface area contributed by atoms with Gasteiger partial charge in [-0.15, -0.1) is 0 Å². The van der Waals surface area contributed by atoms with Gasteiger partial charge in [-0.2, -0.15) is 5.10 Å². The number of hydrogen-bond donors (Lipinski definition) is 2. The van der Waals surface area contributed by atoms with Crippen LogP contribution in [-0.4, -0.2) is 25.7 Å². The lowest BCUT2D eigenvalue weighted by Gasteiger charge is -2.09. The van der Waals surface area contributed by atoms with Crippen molar-refractivity contribution in [3.8, 4) is 0 Å². The van der Waals surface area contributed by atoms with E-state index >= 15 is 0 Å². The molecule has 0 atom stereocenters. The molecule has 2 aromatic heterocycles. The van der Waals surface area contributed by atoms with E-state index in [2.05, 4.69) is 15.4 Å². The number of carboxylic acid groups (broad SMARTS) is 1. The van der Waals surface area contributed by atoms with Gasteiger partial charge >= 0.3 is 5.97 Å². The third-order valence-electron chi connectivity index (χ3n) is 3.13. The van der Waals surface area contributed by atoms with E-state index < -0.39 is 17.6 Å². The highest BCUT2D eigenvalue weighted by Gasteiger charge is 2.15. The molecule has 23 heavy (non-hydrogen) atoms. The van der Waals surface area contributed by atoms with Crippen LogP contribution in [0.5, 0.6) is 0 Å². The van der Waals surface area contributed by atoms with E-state index in [1.807, 2.05) is 0 Å². The van der Waals surface area contributed by atoms with Crippen molar-refractivity contribution in [3.63, 3.8) is 0 Å². The predicted molar refractivity (Wildman–Crippen MR) is 78.6 cm³/mol. The maximum atomic E-state index is 13.6. The molecule has 118 valence electrons. The molecule has 3 rings (SSSR count). The molecule has 3 aromatic rings. The van der Waals surface area contributed by atoms with Gasteiger partial charge in [-0.1, -0.05) is 11.6 Å². The van der Waals surface area contributed by atoms with Gasteiger partial charge in [0.1, 0.15) is 28.0 Å². The molecule has 9 heteroatoms. The average Bonchev–Trinajstić information content (AvgIpc) is 2.90. The van der Waals surface area contributed by atoms with Gasteiger partial charge in [-0.3, -0.25) is 0 Å². The summed E-state index contributed by atoms with van der Waals surface area (Å²) in [7, 11) is 0. The molecule has 0 spiro atoms. The predicted octanol–water partition coefficient (Wildman–Crippen LogP) is 2.97. The van der Waals surface area contributed by atoms with Gasteiger partial charge in [0.25, 0.3) is 0 Å². The fraction of sp³-hybridized carbons (Fsp3) is 0.0714. The Hall–Kier alpha value is -2.74. The molecular weight excluding hydrogens is 330 g/mol. The number of hydrogen-bond acceptors (Lipinski definition) is 4. The number of anilines is 1. The maximum absolute atomic E-state index is 13.6. The number of benzene rings is 1. The number of carbonyl (C=O) groups is 1. The van der Waals surface area contributed by atoms with E-state index in [-0.39, 0.29) is 34.2 Å². The Morgan fingerprint density at radius 2 is 2.17 bits per heavy atom. The van der Waals surface area contributed by atoms with Crippen LogP contribution in [0.2, 0.25) is 5.02 Å². The lowest BCUT2D eigenvalue weighted by Crippen LogP contribution is -2.07. The molecule has 0 fully saturated rings. The SMILES string of the molecule is O=C(O)c1cnn2cc(Cl)c(NCc3cc(F)ccc3F)nc12. The van der Waals surface area contributed by atoms with Crippen molar-refractivity contribution in [3.05, 3.63) is 58.4 Å². The zero-order valence-electron chi connectivity index (χ0n) is 11.4. The van der Waals surface area contributed by atoms with Crippen LogP contribution in [0, 0.1) is 11.6 Å². The third kappa shape index (κ3) is 2.93. The molecule has 2 heterocycles. The van der Waals surface area contributed by atoms with E-state index in [9.17, 15) is 13.6 Å². The van der Waals surface area contributed by atoms with Gasteiger partial charge in [0.05, 0.1) is 12.4 Å². The first-order chi connectivity index (χ1) is 11.0. The number of halogens is 3. The standard InChI is InChI=1S/C14H9ClF2N4O2/c15-10-6-21-13(9(5-19-21)14(22)23)20-12(10)18-4-7-3-8(16)1-2-11(7)17/h1-3,5-6H,4H2,(H,18,20)(H,22,23). The number of carboxylic acids is 1. The summed E-state index contributed by atoms with van der Waals surface area (Å²) in [6.07, 6.45) is 2.53. The largest absolute Gasteiger partial charge is 0.477 e. The number of aromatic nitrogens is 3. The molecule has 0 aliphatic heterocycles. The summed E-state index contributed by atoms with van der Waals surface area (Å²) in [4.78, 5) is 15.2. The first-order valence-electron chi connectivity index (χ1n) is 6.40. The van der Waals surface area contributed by atoms with Gasteiger partial charge in [-0.25, -0.2) is 23.1 Å². The van der Waals surface area contributed by atoms with Crippen molar-refractivity contribution in [1.29, 1.82) is 0 Å². The number of aromatic carboxylic acids is 1. The molecule has 0 amide bonds. The molecule has 1 aromatic carbocycles. The summed E-state index contributed by atoms with van der Waals surface area (Å²) in [5, 5.41) is 15.8. The second-order valence-corrected chi connectivity index (χ2v) is 5.07. The molecule has 0 aliphatic rings. The number of nitrogens with one attached hydrogen (secondary N) is 1. The highest BCUT2D eigenvalue weighted by Crippen LogP contribution is 2.22. The molecule has 6 nitrogen and oxygen atoms in total. The lowest BCUT2D eigenvalue weighted by atomic mass is 10.2. The third-order valence-corrected chi connectivity index (χ3v) is 3.41. The summed E-state index contributed by atoms with van der Waals surface area (Å²) in [6.45, 7) is -0.0664. The van der Waals surface area contributed by atoms with Crippen molar-refractivity contribution in [2.24, 2.45) is 0 Å². The van der Waals surface area contributed by atoms with Crippen LogP contribution in [-0.2, 0) is 6.54 Å². The smallest absolute Gasteiger partial charge is 0.341 e. The van der Waals surface area contributed by atoms with Crippen LogP contribution in [0.15, 0.2) is 30.6 Å². The molecule has 2 N–H and O–H groups in total. The molecule has 0 saturated carbocycles. The molecule has 0 aliphatic carbocycles. The molecular formula is C14H9ClF2N4O2. The summed E-state index contributed by atoms with van der Waals surface area (Å²) < 4.78 is 28.0. The normalized spacial score (nSPS) is 10.9. The molecule has 0 saturated heterocycles. The van der Waals surface area contributed by atoms with E-state index in [1.165, 1.54) is 10.7 Å². The Bertz CT molecular complexity index is 913. The highest BCUT2D eigenvalue weighted by molar-refractivity contribution is 6.32. The minimum Gasteiger partial charge on any atom is -0.477 e. The van der Waals surface area contributed by atoms with Gasteiger partial charge in [0.2, 0.25) is 0 Å². The highest BCUT2D eigenvalue weighted by atomic mass is 35.5. The zero-order valence-corrected chi connectivity index (χ0v) is 12.2. The summed E-state index contributed by atoms with van der Waals surface area (Å²) in [5.74, 6) is -2.18. The van der Waals surface area contributed by atoms with E-state index in [0.29, 0.717) is 0 Å². The first-order valence-corrected chi connectivity index (χ1v) is 6.78. The Labute approximate surface area is 133 Å². The Kier molecular flexibility index (Phi) is 3.83. The molecule has 0 bridgehead atoms. The number of fused-ring (bicyclic) bond motifs is 1. The average molecular weight is 339 g/mol. The maximum Gasteiger partial charge on any atom is 0.341 e. The fourth-order valence-corrected chi connectivity index (χ4v) is 2.22. The van der Waals surface area contributed by atoms with Crippen LogP contribution in [0.3, 0.4) is 0 Å². The topological polar surface area (TPSA) is 79.5 Å². The fourth-order valence-electron chi connectivity index (χ4n) is 2.02. The van der Waals surface area contributed by atoms with Crippen LogP contribution in [0.1, 0.15) is 15.9 Å². The Balaban J connectivity index is 1.93. The van der Waals surface area contributed by atoms with Gasteiger partial charge in [0.15, 0.2) is 5.65 Å². The lowest BCUT2D eigenvalue weighted by molar-refractivity contribution is 0.0699. The van der Waals surface area contributed by atoms with Crippen LogP contribution in [0.4, 0.5) is 14.6 Å². The van der Waals surface area contributed by atoms with Crippen molar-refractivity contribution in [2.45, 2.75) is 6.54 Å². The number of nitrogens with zero attached hydrogens (tertiary/aromatic N) is 3. The van der Waals surface area contributed by atoms with Crippen LogP contribution >= 0.6 is 11.6 Å². The Morgan fingerprint density at radius 1 is 1.39 bits per heavy atom. The van der Waals surface area contributed by atoms with Gasteiger partial charge in [0, 0.05) is 12.1 Å². The van der Waals surface area contributed by atoms with E-state index in [0.717, 1.165) is 24.4 Å². The molecule has 0 unspecified atom stereocenters. The summed E-state index contributed by atoms with van der Waals surface area (Å²) in [5.41, 5.74) is 0.0838. The van der Waals surface area contributed by atoms with Gasteiger partial charge in [-0.05, 0) is 18.2 Å². The Morgan fingerprint density at radius 3 is 2.91 bits per heavy atom. The van der Waals surface area contributed by atoms with Crippen molar-refractivity contribution < 1.29 is 18.7 Å². The van der Waals surface area contributed by atoms with Crippen LogP contribution in [0.25, 0.3) is 5.65 Å². The first kappa shape index (κ1) is 15.2. The second kappa shape index (κ2) is 5.81. The van der Waals surface area contributed by atoms with Gasteiger partial charge < -0.3 is 10.4 Å². The van der Waals surface area contributed by atoms with Crippen LogP contribution < -0.4 is 5.32 Å². The second-order valence-electron chi connectivity index (χ2n) is 4.66. The van der Waals surface area contributed by atoms with Crippen molar-refractivity contribution in [1.82, 2.24) is 14.6 Å². The van der Waals surface area contributed by atoms with E-state index in [1.54, 1.807) is 0 Å². The molecule has 0 radical (unpaired) electrons. The number of rotatable bonds is 4. The quantitative estimate of drug-likeness (QED) is 0.764. The zero-order chi connectivity index (χ0) is 16.6. The van der Waals surface area contributed by atoms with Crippen molar-refractivity contribution >= 4 is 29.0 Å². The minimum absolute atomic E-state index is 0.0664. The monoisotopic (exact) mass is 338 g/mol. The summed E-state index contributed by atoms with van der Waals surface area (Å²) >= 11 is 6.03.